The molecule has 2 aromatic carbocycles. The minimum Gasteiger partial charge on any atom is -0.312 e. The van der Waals surface area contributed by atoms with Crippen molar-refractivity contribution in [3.63, 3.8) is 0 Å². The molecule has 4 rings (SSSR count). The molecular weight excluding hydrogens is 420 g/mol. The summed E-state index contributed by atoms with van der Waals surface area (Å²) in [6, 6.07) is 15.7. The quantitative estimate of drug-likeness (QED) is 0.584. The number of nitrogens with one attached hydrogen (secondary N) is 1. The Kier molecular flexibility index (Phi) is 6.11. The highest BCUT2D eigenvalue weighted by atomic mass is 32.1. The lowest BCUT2D eigenvalue weighted by molar-refractivity contribution is -0.117. The van der Waals surface area contributed by atoms with Crippen LogP contribution in [0, 0.1) is 0 Å². The first-order valence-corrected chi connectivity index (χ1v) is 11.7. The van der Waals surface area contributed by atoms with Crippen molar-refractivity contribution in [1.29, 1.82) is 0 Å². The van der Waals surface area contributed by atoms with Gasteiger partial charge in [-0.05, 0) is 47.2 Å². The zero-order valence-corrected chi connectivity index (χ0v) is 19.7. The van der Waals surface area contributed by atoms with Crippen molar-refractivity contribution in [3.05, 3.63) is 70.2 Å². The van der Waals surface area contributed by atoms with Crippen LogP contribution in [-0.4, -0.2) is 28.6 Å². The van der Waals surface area contributed by atoms with Gasteiger partial charge in [-0.1, -0.05) is 63.3 Å². The number of nitrogens with zero attached hydrogens (tertiary/aromatic N) is 3. The van der Waals surface area contributed by atoms with E-state index in [-0.39, 0.29) is 23.1 Å². The topological polar surface area (TPSA) is 75.2 Å². The highest BCUT2D eigenvalue weighted by molar-refractivity contribution is 7.15. The van der Waals surface area contributed by atoms with Gasteiger partial charge in [-0.25, -0.2) is 0 Å². The van der Waals surface area contributed by atoms with E-state index >= 15 is 0 Å². The van der Waals surface area contributed by atoms with Crippen molar-refractivity contribution < 1.29 is 9.59 Å². The molecule has 166 valence electrons. The summed E-state index contributed by atoms with van der Waals surface area (Å²) >= 11 is 1.33. The SMILES string of the molecule is CCc1ccc(N2CC(c3nnc(NC(=O)c4ccc(C(C)(C)C)cc4)s3)CC2=O)cc1. The normalized spacial score (nSPS) is 16.4. The standard InChI is InChI=1S/C25H28N4O2S/c1-5-16-6-12-20(13-7-16)29-15-18(14-21(29)30)23-27-28-24(32-23)26-22(31)17-8-10-19(11-9-17)25(2,3)4/h6-13,18H,5,14-15H2,1-4H3,(H,26,28,31). The van der Waals surface area contributed by atoms with E-state index in [0.29, 0.717) is 23.7 Å². The van der Waals surface area contributed by atoms with Gasteiger partial charge in [0, 0.05) is 30.1 Å². The Morgan fingerprint density at radius 2 is 1.78 bits per heavy atom. The first-order valence-electron chi connectivity index (χ1n) is 10.9. The molecule has 1 aliphatic heterocycles. The summed E-state index contributed by atoms with van der Waals surface area (Å²) in [7, 11) is 0. The zero-order valence-electron chi connectivity index (χ0n) is 18.9. The van der Waals surface area contributed by atoms with Crippen LogP contribution in [-0.2, 0) is 16.6 Å². The first kappa shape index (κ1) is 22.1. The largest absolute Gasteiger partial charge is 0.312 e. The fraction of sp³-hybridized carbons (Fsp3) is 0.360. The van der Waals surface area contributed by atoms with E-state index < -0.39 is 0 Å². The monoisotopic (exact) mass is 448 g/mol. The van der Waals surface area contributed by atoms with Gasteiger partial charge in [-0.3, -0.25) is 14.9 Å². The van der Waals surface area contributed by atoms with Gasteiger partial charge in [0.05, 0.1) is 0 Å². The highest BCUT2D eigenvalue weighted by Crippen LogP contribution is 2.34. The van der Waals surface area contributed by atoms with E-state index in [4.69, 9.17) is 0 Å². The van der Waals surface area contributed by atoms with Crippen molar-refractivity contribution in [2.75, 3.05) is 16.8 Å². The number of carbonyl (C=O) groups excluding carboxylic acids is 2. The van der Waals surface area contributed by atoms with Crippen molar-refractivity contribution in [2.45, 2.75) is 51.9 Å². The molecule has 1 N–H and O–H groups in total. The van der Waals surface area contributed by atoms with Gasteiger partial charge in [0.2, 0.25) is 11.0 Å². The summed E-state index contributed by atoms with van der Waals surface area (Å²) in [5, 5.41) is 12.4. The molecule has 1 fully saturated rings. The lowest BCUT2D eigenvalue weighted by Gasteiger charge is -2.18. The maximum absolute atomic E-state index is 12.6. The van der Waals surface area contributed by atoms with Crippen molar-refractivity contribution in [2.24, 2.45) is 0 Å². The average molecular weight is 449 g/mol. The van der Waals surface area contributed by atoms with Crippen LogP contribution in [0.15, 0.2) is 48.5 Å². The van der Waals surface area contributed by atoms with Crippen LogP contribution in [0.2, 0.25) is 0 Å². The van der Waals surface area contributed by atoms with Crippen LogP contribution in [0.1, 0.15) is 66.5 Å². The molecule has 1 aromatic heterocycles. The molecule has 6 nitrogen and oxygen atoms in total. The van der Waals surface area contributed by atoms with E-state index in [1.165, 1.54) is 22.5 Å². The maximum Gasteiger partial charge on any atom is 0.257 e. The fourth-order valence-electron chi connectivity index (χ4n) is 3.78. The van der Waals surface area contributed by atoms with Gasteiger partial charge in [0.25, 0.3) is 5.91 Å². The van der Waals surface area contributed by atoms with Crippen molar-refractivity contribution >= 4 is 34.0 Å². The third-order valence-corrected chi connectivity index (χ3v) is 6.81. The van der Waals surface area contributed by atoms with Crippen molar-refractivity contribution in [3.8, 4) is 0 Å². The Labute approximate surface area is 192 Å². The van der Waals surface area contributed by atoms with Crippen LogP contribution in [0.4, 0.5) is 10.8 Å². The maximum atomic E-state index is 12.6. The summed E-state index contributed by atoms with van der Waals surface area (Å²) in [5.74, 6) is -0.158. The highest BCUT2D eigenvalue weighted by Gasteiger charge is 2.34. The molecule has 7 heteroatoms. The number of rotatable bonds is 5. The summed E-state index contributed by atoms with van der Waals surface area (Å²) in [6.45, 7) is 9.10. The number of aryl methyl sites for hydroxylation is 1. The number of anilines is 2. The summed E-state index contributed by atoms with van der Waals surface area (Å²) in [6.07, 6.45) is 1.36. The molecule has 1 aliphatic rings. The molecule has 1 unspecified atom stereocenters. The molecule has 1 saturated heterocycles. The Hall–Kier alpha value is -3.06. The van der Waals surface area contributed by atoms with Crippen LogP contribution in [0.25, 0.3) is 0 Å². The summed E-state index contributed by atoms with van der Waals surface area (Å²) in [5.41, 5.74) is 3.94. The van der Waals surface area contributed by atoms with Gasteiger partial charge in [-0.15, -0.1) is 10.2 Å². The molecular formula is C25H28N4O2S. The van der Waals surface area contributed by atoms with Gasteiger partial charge in [0.1, 0.15) is 5.01 Å². The number of benzene rings is 2. The van der Waals surface area contributed by atoms with Crippen LogP contribution in [0.3, 0.4) is 0 Å². The summed E-state index contributed by atoms with van der Waals surface area (Å²) < 4.78 is 0. The molecule has 0 bridgehead atoms. The molecule has 1 atom stereocenters. The smallest absolute Gasteiger partial charge is 0.257 e. The van der Waals surface area contributed by atoms with E-state index in [2.05, 4.69) is 55.3 Å². The molecule has 2 amide bonds. The van der Waals surface area contributed by atoms with E-state index in [1.807, 2.05) is 36.4 Å². The minimum atomic E-state index is -0.215. The molecule has 0 aliphatic carbocycles. The Balaban J connectivity index is 1.41. The number of amides is 2. The van der Waals surface area contributed by atoms with Gasteiger partial charge in [-0.2, -0.15) is 0 Å². The molecule has 0 spiro atoms. The predicted octanol–water partition coefficient (Wildman–Crippen LogP) is 5.17. The van der Waals surface area contributed by atoms with Gasteiger partial charge < -0.3 is 4.90 Å². The molecule has 2 heterocycles. The molecule has 32 heavy (non-hydrogen) atoms. The Bertz CT molecular complexity index is 1110. The van der Waals surface area contributed by atoms with E-state index in [9.17, 15) is 9.59 Å². The molecule has 3 aromatic rings. The first-order chi connectivity index (χ1) is 15.2. The number of aromatic nitrogens is 2. The molecule has 0 radical (unpaired) electrons. The van der Waals surface area contributed by atoms with Gasteiger partial charge in [0.15, 0.2) is 0 Å². The number of carbonyl (C=O) groups is 2. The Morgan fingerprint density at radius 1 is 1.09 bits per heavy atom. The van der Waals surface area contributed by atoms with Crippen LogP contribution >= 0.6 is 11.3 Å². The second-order valence-corrected chi connectivity index (χ2v) is 10.2. The third-order valence-electron chi connectivity index (χ3n) is 5.80. The van der Waals surface area contributed by atoms with Crippen LogP contribution in [0.5, 0.6) is 0 Å². The second kappa shape index (κ2) is 8.82. The lowest BCUT2D eigenvalue weighted by atomic mass is 9.87. The minimum absolute atomic E-state index is 0.0254. The van der Waals surface area contributed by atoms with Gasteiger partial charge >= 0.3 is 0 Å². The molecule has 0 saturated carbocycles. The summed E-state index contributed by atoms with van der Waals surface area (Å²) in [4.78, 5) is 27.0. The van der Waals surface area contributed by atoms with Crippen LogP contribution < -0.4 is 10.2 Å². The Morgan fingerprint density at radius 3 is 2.41 bits per heavy atom. The fourth-order valence-corrected chi connectivity index (χ4v) is 4.60. The van der Waals surface area contributed by atoms with E-state index in [0.717, 1.165) is 17.1 Å². The third kappa shape index (κ3) is 4.72. The second-order valence-electron chi connectivity index (χ2n) is 9.15. The number of hydrogen-bond donors (Lipinski definition) is 1. The predicted molar refractivity (Wildman–Crippen MR) is 129 cm³/mol. The lowest BCUT2D eigenvalue weighted by Crippen LogP contribution is -2.24. The van der Waals surface area contributed by atoms with Crippen molar-refractivity contribution in [1.82, 2.24) is 10.2 Å². The average Bonchev–Trinajstić information content (AvgIpc) is 3.40. The zero-order chi connectivity index (χ0) is 22.9. The van der Waals surface area contributed by atoms with E-state index in [1.54, 1.807) is 4.90 Å². The number of hydrogen-bond acceptors (Lipinski definition) is 5.